The van der Waals surface area contributed by atoms with Gasteiger partial charge in [-0.1, -0.05) is 6.07 Å². The van der Waals surface area contributed by atoms with E-state index < -0.39 is 0 Å². The number of aromatic nitrogens is 3. The third-order valence-electron chi connectivity index (χ3n) is 4.73. The monoisotopic (exact) mass is 314 g/mol. The first-order valence-electron chi connectivity index (χ1n) is 8.52. The van der Waals surface area contributed by atoms with Crippen LogP contribution in [0.5, 0.6) is 0 Å². The van der Waals surface area contributed by atoms with E-state index >= 15 is 0 Å². The third kappa shape index (κ3) is 3.79. The van der Waals surface area contributed by atoms with Gasteiger partial charge in [0, 0.05) is 50.6 Å². The summed E-state index contributed by atoms with van der Waals surface area (Å²) in [6.07, 6.45) is 7.99. The highest BCUT2D eigenvalue weighted by Crippen LogP contribution is 2.29. The van der Waals surface area contributed by atoms with E-state index in [-0.39, 0.29) is 6.04 Å². The first-order valence-corrected chi connectivity index (χ1v) is 8.52. The van der Waals surface area contributed by atoms with Gasteiger partial charge < -0.3 is 14.6 Å². The molecule has 1 fully saturated rings. The number of imidazole rings is 1. The Kier molecular flexibility index (Phi) is 5.41. The molecular formula is C18H26N4O. The van der Waals surface area contributed by atoms with Crippen molar-refractivity contribution in [2.45, 2.75) is 45.8 Å². The molecule has 3 rings (SSSR count). The lowest BCUT2D eigenvalue weighted by molar-refractivity contribution is 0.0517. The number of pyridine rings is 1. The van der Waals surface area contributed by atoms with Crippen LogP contribution in [0.4, 0.5) is 0 Å². The van der Waals surface area contributed by atoms with E-state index in [1.165, 1.54) is 5.56 Å². The molecule has 0 aliphatic carbocycles. The number of hydrogen-bond donors (Lipinski definition) is 1. The predicted octanol–water partition coefficient (Wildman–Crippen LogP) is 2.86. The second-order valence-corrected chi connectivity index (χ2v) is 6.13. The second kappa shape index (κ2) is 7.70. The van der Waals surface area contributed by atoms with Gasteiger partial charge in [0.05, 0.1) is 6.04 Å². The van der Waals surface area contributed by atoms with Crippen molar-refractivity contribution in [1.82, 2.24) is 19.9 Å². The number of rotatable bonds is 6. The van der Waals surface area contributed by atoms with Crippen LogP contribution in [0.2, 0.25) is 0 Å². The van der Waals surface area contributed by atoms with Gasteiger partial charge in [0.2, 0.25) is 0 Å². The zero-order chi connectivity index (χ0) is 16.1. The molecule has 1 saturated heterocycles. The zero-order valence-electron chi connectivity index (χ0n) is 14.0. The van der Waals surface area contributed by atoms with Crippen molar-refractivity contribution in [2.24, 2.45) is 5.92 Å². The molecule has 0 bridgehead atoms. The largest absolute Gasteiger partial charge is 0.381 e. The molecule has 1 N–H and O–H groups in total. The van der Waals surface area contributed by atoms with Crippen molar-refractivity contribution in [1.29, 1.82) is 0 Å². The van der Waals surface area contributed by atoms with E-state index in [9.17, 15) is 0 Å². The van der Waals surface area contributed by atoms with Crippen molar-refractivity contribution >= 4 is 0 Å². The highest BCUT2D eigenvalue weighted by atomic mass is 16.5. The maximum atomic E-state index is 5.54. The molecule has 3 heterocycles. The Balaban J connectivity index is 1.79. The average Bonchev–Trinajstić information content (AvgIpc) is 3.06. The number of aryl methyl sites for hydroxylation is 2. The van der Waals surface area contributed by atoms with Gasteiger partial charge in [0.25, 0.3) is 0 Å². The van der Waals surface area contributed by atoms with E-state index in [2.05, 4.69) is 46.0 Å². The maximum absolute atomic E-state index is 5.54. The molecule has 124 valence electrons. The van der Waals surface area contributed by atoms with Crippen LogP contribution in [0, 0.1) is 12.8 Å². The molecule has 0 aromatic carbocycles. The van der Waals surface area contributed by atoms with Crippen molar-refractivity contribution in [3.63, 3.8) is 0 Å². The molecule has 0 saturated carbocycles. The van der Waals surface area contributed by atoms with E-state index in [0.717, 1.165) is 50.7 Å². The van der Waals surface area contributed by atoms with Gasteiger partial charge >= 0.3 is 0 Å². The minimum Gasteiger partial charge on any atom is -0.381 e. The van der Waals surface area contributed by atoms with Gasteiger partial charge in [-0.3, -0.25) is 4.98 Å². The van der Waals surface area contributed by atoms with E-state index in [1.807, 2.05) is 18.5 Å². The van der Waals surface area contributed by atoms with Crippen LogP contribution < -0.4 is 5.32 Å². The number of hydrogen-bond acceptors (Lipinski definition) is 4. The van der Waals surface area contributed by atoms with Crippen LogP contribution in [-0.4, -0.2) is 27.7 Å². The van der Waals surface area contributed by atoms with Crippen LogP contribution >= 0.6 is 0 Å². The molecule has 1 atom stereocenters. The first kappa shape index (κ1) is 16.1. The minimum absolute atomic E-state index is 0.258. The molecule has 0 radical (unpaired) electrons. The Morgan fingerprint density at radius 3 is 2.87 bits per heavy atom. The molecule has 2 aromatic heterocycles. The highest BCUT2D eigenvalue weighted by molar-refractivity contribution is 5.18. The Labute approximate surface area is 138 Å². The number of nitrogens with zero attached hydrogens (tertiary/aromatic N) is 3. The van der Waals surface area contributed by atoms with Gasteiger partial charge in [-0.2, -0.15) is 0 Å². The molecule has 5 heteroatoms. The second-order valence-electron chi connectivity index (χ2n) is 6.13. The molecule has 0 unspecified atom stereocenters. The average molecular weight is 314 g/mol. The fourth-order valence-electron chi connectivity index (χ4n) is 3.31. The molecule has 2 aromatic rings. The molecule has 23 heavy (non-hydrogen) atoms. The minimum atomic E-state index is 0.258. The molecular weight excluding hydrogens is 288 g/mol. The van der Waals surface area contributed by atoms with Gasteiger partial charge in [0.15, 0.2) is 0 Å². The number of ether oxygens (including phenoxy) is 1. The summed E-state index contributed by atoms with van der Waals surface area (Å²) in [5.41, 5.74) is 2.34. The van der Waals surface area contributed by atoms with Crippen molar-refractivity contribution in [2.75, 3.05) is 13.2 Å². The van der Waals surface area contributed by atoms with E-state index in [1.54, 1.807) is 0 Å². The smallest absolute Gasteiger partial charge is 0.126 e. The van der Waals surface area contributed by atoms with Crippen molar-refractivity contribution in [3.05, 3.63) is 47.8 Å². The highest BCUT2D eigenvalue weighted by Gasteiger charge is 2.28. The first-order chi connectivity index (χ1) is 11.3. The van der Waals surface area contributed by atoms with Gasteiger partial charge in [-0.15, -0.1) is 0 Å². The summed E-state index contributed by atoms with van der Waals surface area (Å²) in [5.74, 6) is 1.70. The molecule has 0 amide bonds. The van der Waals surface area contributed by atoms with Crippen molar-refractivity contribution in [3.8, 4) is 0 Å². The Bertz CT molecular complexity index is 619. The predicted molar refractivity (Wildman–Crippen MR) is 90.0 cm³/mol. The summed E-state index contributed by atoms with van der Waals surface area (Å²) in [4.78, 5) is 9.03. The van der Waals surface area contributed by atoms with E-state index in [0.29, 0.717) is 5.92 Å². The molecule has 1 aliphatic rings. The van der Waals surface area contributed by atoms with E-state index in [4.69, 9.17) is 4.74 Å². The fraction of sp³-hybridized carbons (Fsp3) is 0.556. The van der Waals surface area contributed by atoms with Gasteiger partial charge in [-0.05, 0) is 44.2 Å². The topological polar surface area (TPSA) is 52.0 Å². The lowest BCUT2D eigenvalue weighted by Gasteiger charge is -2.31. The summed E-state index contributed by atoms with van der Waals surface area (Å²) < 4.78 is 7.78. The summed E-state index contributed by atoms with van der Waals surface area (Å²) in [5, 5.41) is 3.74. The summed E-state index contributed by atoms with van der Waals surface area (Å²) in [7, 11) is 0. The molecule has 1 aliphatic heterocycles. The third-order valence-corrected chi connectivity index (χ3v) is 4.73. The summed E-state index contributed by atoms with van der Waals surface area (Å²) >= 11 is 0. The maximum Gasteiger partial charge on any atom is 0.126 e. The summed E-state index contributed by atoms with van der Waals surface area (Å²) in [6, 6.07) is 4.40. The van der Waals surface area contributed by atoms with Crippen LogP contribution in [0.1, 0.15) is 42.9 Å². The quantitative estimate of drug-likeness (QED) is 0.891. The SMILES string of the molecule is CCn1ccnc1[C@H](NCc1cccnc1C)C1CCOCC1. The lowest BCUT2D eigenvalue weighted by Crippen LogP contribution is -2.34. The van der Waals surface area contributed by atoms with Gasteiger partial charge in [0.1, 0.15) is 5.82 Å². The molecule has 0 spiro atoms. The van der Waals surface area contributed by atoms with Crippen LogP contribution in [0.25, 0.3) is 0 Å². The zero-order valence-corrected chi connectivity index (χ0v) is 14.0. The van der Waals surface area contributed by atoms with Crippen LogP contribution in [0.15, 0.2) is 30.7 Å². The summed E-state index contributed by atoms with van der Waals surface area (Å²) in [6.45, 7) is 7.69. The fourth-order valence-corrected chi connectivity index (χ4v) is 3.31. The Morgan fingerprint density at radius 2 is 2.13 bits per heavy atom. The van der Waals surface area contributed by atoms with Gasteiger partial charge in [-0.25, -0.2) is 4.98 Å². The number of nitrogens with one attached hydrogen (secondary N) is 1. The van der Waals surface area contributed by atoms with Crippen LogP contribution in [-0.2, 0) is 17.8 Å². The lowest BCUT2D eigenvalue weighted by atomic mass is 9.90. The standard InChI is InChI=1S/C18H26N4O/c1-3-22-10-9-20-18(22)17(15-6-11-23-12-7-15)21-13-16-5-4-8-19-14(16)2/h4-5,8-10,15,17,21H,3,6-7,11-13H2,1-2H3/t17-/m1/s1. The Morgan fingerprint density at radius 1 is 1.30 bits per heavy atom. The van der Waals surface area contributed by atoms with Crippen molar-refractivity contribution < 1.29 is 4.74 Å². The normalized spacial score (nSPS) is 17.3. The van der Waals surface area contributed by atoms with Crippen LogP contribution in [0.3, 0.4) is 0 Å². The molecule has 5 nitrogen and oxygen atoms in total. The Hall–Kier alpha value is -1.72.